The van der Waals surface area contributed by atoms with Gasteiger partial charge in [-0.1, -0.05) is 20.4 Å². The van der Waals surface area contributed by atoms with Crippen LogP contribution in [0.15, 0.2) is 12.2 Å². The number of unbranched alkanes of at least 4 members (excludes halogenated alkanes) is 1. The smallest absolute Gasteiger partial charge is 0.462 e. The van der Waals surface area contributed by atoms with Gasteiger partial charge in [-0.25, -0.2) is 9.59 Å². The molecule has 0 saturated carbocycles. The molecule has 0 rings (SSSR count). The Morgan fingerprint density at radius 3 is 2.15 bits per heavy atom. The van der Waals surface area contributed by atoms with Gasteiger partial charge in [0, 0.05) is 11.0 Å². The van der Waals surface area contributed by atoms with Gasteiger partial charge in [0.2, 0.25) is 0 Å². The van der Waals surface area contributed by atoms with E-state index in [1.165, 1.54) is 0 Å². The van der Waals surface area contributed by atoms with Crippen molar-refractivity contribution in [3.05, 3.63) is 12.2 Å². The maximum absolute atomic E-state index is 11.2. The monoisotopic (exact) mass is 288 g/mol. The number of hydrogen-bond donors (Lipinski definition) is 1. The highest BCUT2D eigenvalue weighted by molar-refractivity contribution is 5.86. The maximum atomic E-state index is 11.2. The second kappa shape index (κ2) is 9.36. The SMILES string of the molecule is C=C(C)C(=O)OCCCCOC(=O)OCC(C)(C)CO. The molecule has 6 nitrogen and oxygen atoms in total. The highest BCUT2D eigenvalue weighted by Crippen LogP contribution is 2.13. The summed E-state index contributed by atoms with van der Waals surface area (Å²) in [7, 11) is 0. The van der Waals surface area contributed by atoms with Gasteiger partial charge in [0.05, 0.1) is 19.8 Å². The topological polar surface area (TPSA) is 82.1 Å². The lowest BCUT2D eigenvalue weighted by Gasteiger charge is -2.20. The fraction of sp³-hybridized carbons (Fsp3) is 0.714. The van der Waals surface area contributed by atoms with Crippen LogP contribution in [0.3, 0.4) is 0 Å². The van der Waals surface area contributed by atoms with Crippen molar-refractivity contribution in [2.75, 3.05) is 26.4 Å². The van der Waals surface area contributed by atoms with Crippen LogP contribution in [0.5, 0.6) is 0 Å². The first-order chi connectivity index (χ1) is 9.28. The van der Waals surface area contributed by atoms with Crippen LogP contribution in [-0.2, 0) is 19.0 Å². The lowest BCUT2D eigenvalue weighted by molar-refractivity contribution is -0.139. The zero-order valence-corrected chi connectivity index (χ0v) is 12.4. The molecular formula is C14H24O6. The van der Waals surface area contributed by atoms with Crippen LogP contribution in [0.25, 0.3) is 0 Å². The molecule has 0 heterocycles. The van der Waals surface area contributed by atoms with Gasteiger partial charge >= 0.3 is 12.1 Å². The van der Waals surface area contributed by atoms with Gasteiger partial charge in [0.15, 0.2) is 0 Å². The number of esters is 1. The summed E-state index contributed by atoms with van der Waals surface area (Å²) in [4.78, 5) is 22.3. The van der Waals surface area contributed by atoms with E-state index >= 15 is 0 Å². The Morgan fingerprint density at radius 1 is 1.10 bits per heavy atom. The Bertz CT molecular complexity index is 335. The molecule has 0 aliphatic heterocycles. The minimum Gasteiger partial charge on any atom is -0.462 e. The first-order valence-corrected chi connectivity index (χ1v) is 6.51. The molecular weight excluding hydrogens is 264 g/mol. The van der Waals surface area contributed by atoms with E-state index in [1.54, 1.807) is 20.8 Å². The summed E-state index contributed by atoms with van der Waals surface area (Å²) in [6.45, 7) is 9.07. The third-order valence-electron chi connectivity index (χ3n) is 2.35. The lowest BCUT2D eigenvalue weighted by Crippen LogP contribution is -2.26. The van der Waals surface area contributed by atoms with Gasteiger partial charge in [-0.2, -0.15) is 0 Å². The third-order valence-corrected chi connectivity index (χ3v) is 2.35. The molecule has 0 atom stereocenters. The van der Waals surface area contributed by atoms with Crippen molar-refractivity contribution in [2.24, 2.45) is 5.41 Å². The maximum Gasteiger partial charge on any atom is 0.508 e. The van der Waals surface area contributed by atoms with Crippen LogP contribution in [0.2, 0.25) is 0 Å². The number of carbonyl (C=O) groups excluding carboxylic acids is 2. The summed E-state index contributed by atoms with van der Waals surface area (Å²) in [5.74, 6) is -0.420. The lowest BCUT2D eigenvalue weighted by atomic mass is 9.97. The molecule has 0 aromatic rings. The third kappa shape index (κ3) is 9.38. The Hall–Kier alpha value is -1.56. The summed E-state index contributed by atoms with van der Waals surface area (Å²) < 4.78 is 14.6. The molecule has 1 N–H and O–H groups in total. The fourth-order valence-corrected chi connectivity index (χ4v) is 0.989. The van der Waals surface area contributed by atoms with E-state index < -0.39 is 17.5 Å². The molecule has 0 fully saturated rings. The quantitative estimate of drug-likeness (QED) is 0.397. The van der Waals surface area contributed by atoms with Gasteiger partial charge in [-0.05, 0) is 19.8 Å². The van der Waals surface area contributed by atoms with Crippen molar-refractivity contribution in [1.82, 2.24) is 0 Å². The normalized spacial score (nSPS) is 10.8. The second-order valence-corrected chi connectivity index (χ2v) is 5.33. The average Bonchev–Trinajstić information content (AvgIpc) is 2.40. The summed E-state index contributed by atoms with van der Waals surface area (Å²) in [5, 5.41) is 8.98. The van der Waals surface area contributed by atoms with E-state index in [4.69, 9.17) is 19.3 Å². The summed E-state index contributed by atoms with van der Waals surface area (Å²) in [6, 6.07) is 0. The molecule has 0 saturated heterocycles. The molecule has 0 aromatic heterocycles. The first kappa shape index (κ1) is 18.4. The van der Waals surface area contributed by atoms with Gasteiger partial charge in [0.1, 0.15) is 6.61 Å². The van der Waals surface area contributed by atoms with E-state index in [0.717, 1.165) is 0 Å². The Labute approximate surface area is 119 Å². The van der Waals surface area contributed by atoms with E-state index in [-0.39, 0.29) is 26.4 Å². The Balaban J connectivity index is 3.54. The van der Waals surface area contributed by atoms with E-state index in [0.29, 0.717) is 18.4 Å². The first-order valence-electron chi connectivity index (χ1n) is 6.51. The van der Waals surface area contributed by atoms with E-state index in [2.05, 4.69) is 6.58 Å². The van der Waals surface area contributed by atoms with Gasteiger partial charge < -0.3 is 19.3 Å². The van der Waals surface area contributed by atoms with Crippen LogP contribution >= 0.6 is 0 Å². The minimum atomic E-state index is -0.759. The summed E-state index contributed by atoms with van der Waals surface area (Å²) >= 11 is 0. The van der Waals surface area contributed by atoms with Crippen molar-refractivity contribution >= 4 is 12.1 Å². The fourth-order valence-electron chi connectivity index (χ4n) is 0.989. The average molecular weight is 288 g/mol. The van der Waals surface area contributed by atoms with Crippen LogP contribution in [-0.4, -0.2) is 43.7 Å². The number of aliphatic hydroxyl groups excluding tert-OH is 1. The molecule has 0 aromatic carbocycles. The van der Waals surface area contributed by atoms with Crippen LogP contribution < -0.4 is 0 Å². The van der Waals surface area contributed by atoms with Crippen LogP contribution in [0.4, 0.5) is 4.79 Å². The molecule has 0 unspecified atom stereocenters. The number of aliphatic hydroxyl groups is 1. The molecule has 116 valence electrons. The van der Waals surface area contributed by atoms with Crippen molar-refractivity contribution in [3.8, 4) is 0 Å². The number of ether oxygens (including phenoxy) is 3. The summed E-state index contributed by atoms with van der Waals surface area (Å²) in [5.41, 5.74) is -0.119. The predicted molar refractivity (Wildman–Crippen MR) is 73.2 cm³/mol. The van der Waals surface area contributed by atoms with Gasteiger partial charge in [0.25, 0.3) is 0 Å². The molecule has 6 heteroatoms. The van der Waals surface area contributed by atoms with Crippen molar-refractivity contribution in [3.63, 3.8) is 0 Å². The van der Waals surface area contributed by atoms with Crippen LogP contribution in [0.1, 0.15) is 33.6 Å². The van der Waals surface area contributed by atoms with Gasteiger partial charge in [-0.3, -0.25) is 0 Å². The zero-order chi connectivity index (χ0) is 15.6. The van der Waals surface area contributed by atoms with Crippen molar-refractivity contribution in [2.45, 2.75) is 33.6 Å². The molecule has 0 spiro atoms. The minimum absolute atomic E-state index is 0.0750. The molecule has 0 aliphatic rings. The molecule has 0 aliphatic carbocycles. The van der Waals surface area contributed by atoms with Crippen LogP contribution in [0, 0.1) is 5.41 Å². The Kier molecular flexibility index (Phi) is 8.63. The molecule has 0 bridgehead atoms. The van der Waals surface area contributed by atoms with E-state index in [1.807, 2.05) is 0 Å². The van der Waals surface area contributed by atoms with Gasteiger partial charge in [-0.15, -0.1) is 0 Å². The van der Waals surface area contributed by atoms with Crippen molar-refractivity contribution < 1.29 is 28.9 Å². The number of hydrogen-bond acceptors (Lipinski definition) is 6. The number of carbonyl (C=O) groups is 2. The number of rotatable bonds is 9. The highest BCUT2D eigenvalue weighted by Gasteiger charge is 2.19. The molecule has 0 amide bonds. The van der Waals surface area contributed by atoms with Crippen molar-refractivity contribution in [1.29, 1.82) is 0 Å². The predicted octanol–water partition coefficient (Wildman–Crippen LogP) is 2.06. The summed E-state index contributed by atoms with van der Waals surface area (Å²) in [6.07, 6.45) is 0.404. The largest absolute Gasteiger partial charge is 0.508 e. The second-order valence-electron chi connectivity index (χ2n) is 5.33. The molecule has 0 radical (unpaired) electrons. The molecule has 20 heavy (non-hydrogen) atoms. The Morgan fingerprint density at radius 2 is 1.65 bits per heavy atom. The highest BCUT2D eigenvalue weighted by atomic mass is 16.7. The van der Waals surface area contributed by atoms with E-state index in [9.17, 15) is 9.59 Å². The zero-order valence-electron chi connectivity index (χ0n) is 12.4. The standard InChI is InChI=1S/C14H24O6/c1-11(2)12(16)18-7-5-6-8-19-13(17)20-10-14(3,4)9-15/h15H,1,5-10H2,2-4H3.